The van der Waals surface area contributed by atoms with E-state index in [1.165, 1.54) is 29.5 Å². The zero-order valence-electron chi connectivity index (χ0n) is 13.5. The molecule has 0 bridgehead atoms. The summed E-state index contributed by atoms with van der Waals surface area (Å²) in [4.78, 5) is 13.0. The maximum Gasteiger partial charge on any atom is 0.322 e. The van der Waals surface area contributed by atoms with Crippen LogP contribution in [0.15, 0.2) is 63.2 Å². The molecule has 0 saturated carbocycles. The fourth-order valence-electron chi connectivity index (χ4n) is 2.06. The van der Waals surface area contributed by atoms with Crippen molar-refractivity contribution in [1.29, 1.82) is 0 Å². The van der Waals surface area contributed by atoms with Gasteiger partial charge in [-0.3, -0.25) is 10.1 Å². The molecule has 0 aliphatic rings. The van der Waals surface area contributed by atoms with Gasteiger partial charge in [0.15, 0.2) is 9.84 Å². The number of hydrogen-bond donors (Lipinski definition) is 1. The van der Waals surface area contributed by atoms with Crippen molar-refractivity contribution >= 4 is 39.2 Å². The van der Waals surface area contributed by atoms with Gasteiger partial charge in [-0.1, -0.05) is 29.4 Å². The molecular weight excluding hydrogens is 374 g/mol. The minimum atomic E-state index is -3.43. The second kappa shape index (κ2) is 8.07. The fraction of sp³-hybridized carbons (Fsp3) is 0.118. The number of sulfone groups is 1. The molecule has 2 aromatic heterocycles. The Kier molecular flexibility index (Phi) is 5.59. The second-order valence-electron chi connectivity index (χ2n) is 5.22. The van der Waals surface area contributed by atoms with Gasteiger partial charge in [-0.15, -0.1) is 16.4 Å². The monoisotopic (exact) mass is 389 g/mol. The van der Waals surface area contributed by atoms with Gasteiger partial charge < -0.3 is 4.42 Å². The molecule has 1 amide bonds. The van der Waals surface area contributed by atoms with Crippen LogP contribution in [0.4, 0.5) is 6.01 Å². The standard InChI is InChI=1S/C17H15N3O4S2/c21-15(9-8-13-5-4-11-25-13)18-17-20-19-16(24-17)10-12-26(22,23)14-6-2-1-3-7-14/h1-9,11H,10,12H2,(H,18,20,21). The summed E-state index contributed by atoms with van der Waals surface area (Å²) >= 11 is 1.51. The van der Waals surface area contributed by atoms with Gasteiger partial charge >= 0.3 is 6.01 Å². The second-order valence-corrected chi connectivity index (χ2v) is 8.31. The van der Waals surface area contributed by atoms with Crippen LogP contribution in [0.5, 0.6) is 0 Å². The summed E-state index contributed by atoms with van der Waals surface area (Å²) in [5.41, 5.74) is 0. The molecule has 3 rings (SSSR count). The zero-order chi connectivity index (χ0) is 18.4. The number of rotatable bonds is 7. The van der Waals surface area contributed by atoms with E-state index in [4.69, 9.17) is 4.42 Å². The van der Waals surface area contributed by atoms with Crippen LogP contribution in [-0.2, 0) is 21.1 Å². The Balaban J connectivity index is 1.55. The van der Waals surface area contributed by atoms with Gasteiger partial charge in [-0.2, -0.15) is 0 Å². The number of aromatic nitrogens is 2. The normalized spacial score (nSPS) is 11.7. The first-order chi connectivity index (χ1) is 12.5. The molecule has 0 aliphatic carbocycles. The SMILES string of the molecule is O=C(C=Cc1cccs1)Nc1nnc(CCS(=O)(=O)c2ccccc2)o1. The van der Waals surface area contributed by atoms with Crippen LogP contribution in [0.25, 0.3) is 6.08 Å². The number of nitrogens with one attached hydrogen (secondary N) is 1. The Hall–Kier alpha value is -2.78. The maximum atomic E-state index is 12.2. The van der Waals surface area contributed by atoms with Gasteiger partial charge in [0, 0.05) is 17.4 Å². The van der Waals surface area contributed by atoms with E-state index in [1.54, 1.807) is 24.3 Å². The topological polar surface area (TPSA) is 102 Å². The van der Waals surface area contributed by atoms with Crippen LogP contribution in [-0.4, -0.2) is 30.3 Å². The van der Waals surface area contributed by atoms with Crippen LogP contribution < -0.4 is 5.32 Å². The number of thiophene rings is 1. The summed E-state index contributed by atoms with van der Waals surface area (Å²) in [7, 11) is -3.43. The Bertz CT molecular complexity index is 994. The molecule has 134 valence electrons. The molecule has 7 nitrogen and oxygen atoms in total. The van der Waals surface area contributed by atoms with Crippen molar-refractivity contribution in [2.24, 2.45) is 0 Å². The van der Waals surface area contributed by atoms with E-state index >= 15 is 0 Å². The van der Waals surface area contributed by atoms with Crippen molar-refractivity contribution in [3.63, 3.8) is 0 Å². The predicted molar refractivity (Wildman–Crippen MR) is 98.5 cm³/mol. The first-order valence-corrected chi connectivity index (χ1v) is 10.2. The van der Waals surface area contributed by atoms with Gasteiger partial charge in [-0.25, -0.2) is 8.42 Å². The van der Waals surface area contributed by atoms with E-state index in [9.17, 15) is 13.2 Å². The number of nitrogens with zero attached hydrogens (tertiary/aromatic N) is 2. The van der Waals surface area contributed by atoms with E-state index in [0.29, 0.717) is 0 Å². The van der Waals surface area contributed by atoms with Gasteiger partial charge in [0.2, 0.25) is 5.89 Å². The lowest BCUT2D eigenvalue weighted by Crippen LogP contribution is -2.09. The average molecular weight is 389 g/mol. The molecule has 0 fully saturated rings. The van der Waals surface area contributed by atoms with E-state index in [2.05, 4.69) is 15.5 Å². The highest BCUT2D eigenvalue weighted by Gasteiger charge is 2.16. The molecule has 0 spiro atoms. The van der Waals surface area contributed by atoms with Crippen LogP contribution in [0.2, 0.25) is 0 Å². The van der Waals surface area contributed by atoms with Crippen molar-refractivity contribution in [2.45, 2.75) is 11.3 Å². The van der Waals surface area contributed by atoms with Crippen molar-refractivity contribution in [2.75, 3.05) is 11.1 Å². The minimum Gasteiger partial charge on any atom is -0.408 e. The highest BCUT2D eigenvalue weighted by atomic mass is 32.2. The van der Waals surface area contributed by atoms with Crippen molar-refractivity contribution in [3.05, 3.63) is 64.7 Å². The highest BCUT2D eigenvalue weighted by Crippen LogP contribution is 2.14. The predicted octanol–water partition coefficient (Wildman–Crippen LogP) is 2.80. The molecule has 9 heteroatoms. The molecule has 0 radical (unpaired) electrons. The van der Waals surface area contributed by atoms with Gasteiger partial charge in [0.05, 0.1) is 10.6 Å². The lowest BCUT2D eigenvalue weighted by molar-refractivity contribution is -0.112. The van der Waals surface area contributed by atoms with Gasteiger partial charge in [-0.05, 0) is 29.7 Å². The minimum absolute atomic E-state index is 0.0606. The first-order valence-electron chi connectivity index (χ1n) is 7.66. The summed E-state index contributed by atoms with van der Waals surface area (Å²) in [5, 5.41) is 11.8. The molecule has 3 aromatic rings. The van der Waals surface area contributed by atoms with Gasteiger partial charge in [0.25, 0.3) is 5.91 Å². The number of benzene rings is 1. The molecular formula is C17H15N3O4S2. The van der Waals surface area contributed by atoms with E-state index in [1.807, 2.05) is 17.5 Å². The quantitative estimate of drug-likeness (QED) is 0.624. The summed E-state index contributed by atoms with van der Waals surface area (Å²) < 4.78 is 29.7. The first kappa shape index (κ1) is 18.0. The van der Waals surface area contributed by atoms with Gasteiger partial charge in [0.1, 0.15) is 0 Å². The molecule has 1 aromatic carbocycles. The maximum absolute atomic E-state index is 12.2. The Labute approximate surface area is 154 Å². The number of hydrogen-bond acceptors (Lipinski definition) is 7. The highest BCUT2D eigenvalue weighted by molar-refractivity contribution is 7.91. The molecule has 26 heavy (non-hydrogen) atoms. The fourth-order valence-corrected chi connectivity index (χ4v) is 3.93. The molecule has 1 N–H and O–H groups in total. The smallest absolute Gasteiger partial charge is 0.322 e. The lowest BCUT2D eigenvalue weighted by Gasteiger charge is -2.01. The molecule has 0 saturated heterocycles. The zero-order valence-corrected chi connectivity index (χ0v) is 15.2. The van der Waals surface area contributed by atoms with Crippen LogP contribution in [0.1, 0.15) is 10.8 Å². The number of amides is 1. The molecule has 0 atom stereocenters. The number of carbonyl (C=O) groups is 1. The average Bonchev–Trinajstić information content (AvgIpc) is 3.31. The molecule has 0 aliphatic heterocycles. The van der Waals surface area contributed by atoms with E-state index in [0.717, 1.165) is 4.88 Å². The third-order valence-corrected chi connectivity index (χ3v) is 5.90. The summed E-state index contributed by atoms with van der Waals surface area (Å²) in [5.74, 6) is -0.433. The largest absolute Gasteiger partial charge is 0.408 e. The summed E-state index contributed by atoms with van der Waals surface area (Å²) in [6, 6.07) is 11.8. The van der Waals surface area contributed by atoms with Crippen LogP contribution in [0, 0.1) is 0 Å². The van der Waals surface area contributed by atoms with Crippen molar-refractivity contribution < 1.29 is 17.6 Å². The van der Waals surface area contributed by atoms with Crippen molar-refractivity contribution in [3.8, 4) is 0 Å². The summed E-state index contributed by atoms with van der Waals surface area (Å²) in [6.07, 6.45) is 3.09. The number of anilines is 1. The third-order valence-electron chi connectivity index (χ3n) is 3.33. The van der Waals surface area contributed by atoms with Crippen LogP contribution >= 0.6 is 11.3 Å². The number of carbonyl (C=O) groups excluding carboxylic acids is 1. The van der Waals surface area contributed by atoms with Crippen LogP contribution in [0.3, 0.4) is 0 Å². The Morgan fingerprint density at radius 1 is 1.15 bits per heavy atom. The lowest BCUT2D eigenvalue weighted by atomic mass is 10.4. The van der Waals surface area contributed by atoms with E-state index < -0.39 is 15.7 Å². The third kappa shape index (κ3) is 4.87. The summed E-state index contributed by atoms with van der Waals surface area (Å²) in [6.45, 7) is 0. The Morgan fingerprint density at radius 2 is 1.96 bits per heavy atom. The molecule has 2 heterocycles. The van der Waals surface area contributed by atoms with Crippen molar-refractivity contribution in [1.82, 2.24) is 10.2 Å². The molecule has 0 unspecified atom stereocenters. The van der Waals surface area contributed by atoms with E-state index in [-0.39, 0.29) is 29.0 Å². The number of aryl methyl sites for hydroxylation is 1. The Morgan fingerprint density at radius 3 is 2.69 bits per heavy atom.